The van der Waals surface area contributed by atoms with Crippen LogP contribution in [0.15, 0.2) is 12.3 Å². The van der Waals surface area contributed by atoms with Crippen molar-refractivity contribution in [2.45, 2.75) is 37.5 Å². The van der Waals surface area contributed by atoms with E-state index in [1.807, 2.05) is 11.8 Å². The zero-order valence-corrected chi connectivity index (χ0v) is 11.1. The van der Waals surface area contributed by atoms with Crippen molar-refractivity contribution in [2.24, 2.45) is 5.92 Å². The van der Waals surface area contributed by atoms with Crippen LogP contribution in [-0.4, -0.2) is 28.6 Å². The molecule has 1 aliphatic heterocycles. The quantitative estimate of drug-likeness (QED) is 0.872. The van der Waals surface area contributed by atoms with Gasteiger partial charge in [-0.3, -0.25) is 4.68 Å². The Morgan fingerprint density at radius 3 is 2.88 bits per heavy atom. The highest BCUT2D eigenvalue weighted by Crippen LogP contribution is 2.29. The Bertz CT molecular complexity index is 353. The largest absolute Gasteiger partial charge is 0.316 e. The fourth-order valence-corrected chi connectivity index (χ4v) is 3.67. The summed E-state index contributed by atoms with van der Waals surface area (Å²) >= 11 is 2.03. The van der Waals surface area contributed by atoms with E-state index in [0.29, 0.717) is 6.04 Å². The molecule has 1 aliphatic carbocycles. The van der Waals surface area contributed by atoms with Gasteiger partial charge in [-0.2, -0.15) is 16.9 Å². The molecule has 4 heteroatoms. The molecule has 1 aromatic rings. The van der Waals surface area contributed by atoms with E-state index in [1.165, 1.54) is 50.2 Å². The Labute approximate surface area is 107 Å². The summed E-state index contributed by atoms with van der Waals surface area (Å²) in [4.78, 5) is 0. The van der Waals surface area contributed by atoms with Gasteiger partial charge >= 0.3 is 0 Å². The van der Waals surface area contributed by atoms with Crippen molar-refractivity contribution in [3.8, 4) is 0 Å². The molecule has 0 aromatic carbocycles. The van der Waals surface area contributed by atoms with E-state index >= 15 is 0 Å². The van der Waals surface area contributed by atoms with Gasteiger partial charge in [0.15, 0.2) is 0 Å². The van der Waals surface area contributed by atoms with Gasteiger partial charge in [0.2, 0.25) is 0 Å². The number of nitrogens with zero attached hydrogens (tertiary/aromatic N) is 2. The first-order chi connectivity index (χ1) is 8.42. The van der Waals surface area contributed by atoms with Crippen LogP contribution < -0.4 is 5.32 Å². The summed E-state index contributed by atoms with van der Waals surface area (Å²) in [5, 5.41) is 8.03. The van der Waals surface area contributed by atoms with Crippen molar-refractivity contribution in [3.05, 3.63) is 18.0 Å². The molecule has 0 atom stereocenters. The molecular formula is C13H21N3S. The highest BCUT2D eigenvalue weighted by molar-refractivity contribution is 7.98. The van der Waals surface area contributed by atoms with Crippen LogP contribution >= 0.6 is 11.8 Å². The monoisotopic (exact) mass is 251 g/mol. The zero-order valence-electron chi connectivity index (χ0n) is 10.3. The van der Waals surface area contributed by atoms with Gasteiger partial charge in [-0.1, -0.05) is 12.8 Å². The maximum absolute atomic E-state index is 4.71. The van der Waals surface area contributed by atoms with Crippen molar-refractivity contribution in [1.29, 1.82) is 0 Å². The molecule has 0 radical (unpaired) electrons. The fourth-order valence-electron chi connectivity index (χ4n) is 2.62. The molecule has 0 spiro atoms. The Hall–Kier alpha value is -0.480. The summed E-state index contributed by atoms with van der Waals surface area (Å²) < 4.78 is 2.20. The van der Waals surface area contributed by atoms with Gasteiger partial charge in [0.25, 0.3) is 0 Å². The minimum absolute atomic E-state index is 0.685. The smallest absolute Gasteiger partial charge is 0.0723 e. The number of aromatic nitrogens is 2. The first-order valence-corrected chi connectivity index (χ1v) is 7.90. The molecule has 94 valence electrons. The van der Waals surface area contributed by atoms with Crippen molar-refractivity contribution in [2.75, 3.05) is 18.8 Å². The van der Waals surface area contributed by atoms with Crippen LogP contribution in [0.3, 0.4) is 0 Å². The molecular weight excluding hydrogens is 230 g/mol. The molecule has 1 N–H and O–H groups in total. The summed E-state index contributed by atoms with van der Waals surface area (Å²) in [6.07, 6.45) is 7.58. The highest BCUT2D eigenvalue weighted by Gasteiger charge is 2.18. The van der Waals surface area contributed by atoms with E-state index in [9.17, 15) is 0 Å². The third-order valence-electron chi connectivity index (χ3n) is 3.83. The summed E-state index contributed by atoms with van der Waals surface area (Å²) in [5.41, 5.74) is 1.26. The zero-order chi connectivity index (χ0) is 11.5. The molecule has 2 heterocycles. The lowest BCUT2D eigenvalue weighted by Gasteiger charge is -2.26. The highest BCUT2D eigenvalue weighted by atomic mass is 32.2. The molecule has 3 nitrogen and oxygen atoms in total. The second-order valence-electron chi connectivity index (χ2n) is 5.26. The number of rotatable bonds is 5. The van der Waals surface area contributed by atoms with E-state index < -0.39 is 0 Å². The predicted molar refractivity (Wildman–Crippen MR) is 72.3 cm³/mol. The SMILES string of the molecule is c1cn(C2CCCC2)nc1CSCC1CNC1. The second kappa shape index (κ2) is 5.44. The maximum atomic E-state index is 4.71. The van der Waals surface area contributed by atoms with Crippen LogP contribution in [-0.2, 0) is 5.75 Å². The molecule has 17 heavy (non-hydrogen) atoms. The molecule has 0 unspecified atom stereocenters. The van der Waals surface area contributed by atoms with E-state index in [0.717, 1.165) is 11.7 Å². The van der Waals surface area contributed by atoms with Crippen molar-refractivity contribution >= 4 is 11.8 Å². The first-order valence-electron chi connectivity index (χ1n) is 6.74. The van der Waals surface area contributed by atoms with Crippen LogP contribution in [0.25, 0.3) is 0 Å². The number of thioether (sulfide) groups is 1. The first kappa shape index (κ1) is 11.6. The number of hydrogen-bond donors (Lipinski definition) is 1. The minimum atomic E-state index is 0.685. The molecule has 1 saturated carbocycles. The number of nitrogens with one attached hydrogen (secondary N) is 1. The van der Waals surface area contributed by atoms with Gasteiger partial charge in [0, 0.05) is 11.9 Å². The minimum Gasteiger partial charge on any atom is -0.316 e. The van der Waals surface area contributed by atoms with Gasteiger partial charge in [-0.25, -0.2) is 0 Å². The fraction of sp³-hybridized carbons (Fsp3) is 0.769. The Morgan fingerprint density at radius 1 is 1.35 bits per heavy atom. The predicted octanol–water partition coefficient (Wildman–Crippen LogP) is 2.45. The normalized spacial score (nSPS) is 21.9. The summed E-state index contributed by atoms with van der Waals surface area (Å²) in [7, 11) is 0. The van der Waals surface area contributed by atoms with Crippen LogP contribution in [0.5, 0.6) is 0 Å². The summed E-state index contributed by atoms with van der Waals surface area (Å²) in [5.74, 6) is 3.26. The van der Waals surface area contributed by atoms with Crippen LogP contribution in [0.1, 0.15) is 37.4 Å². The van der Waals surface area contributed by atoms with Gasteiger partial charge < -0.3 is 5.32 Å². The van der Waals surface area contributed by atoms with Crippen molar-refractivity contribution in [3.63, 3.8) is 0 Å². The summed E-state index contributed by atoms with van der Waals surface area (Å²) in [6.45, 7) is 2.42. The molecule has 2 fully saturated rings. The summed E-state index contributed by atoms with van der Waals surface area (Å²) in [6, 6.07) is 2.88. The molecule has 2 aliphatic rings. The Morgan fingerprint density at radius 2 is 2.18 bits per heavy atom. The third kappa shape index (κ3) is 2.86. The van der Waals surface area contributed by atoms with E-state index in [-0.39, 0.29) is 0 Å². The molecule has 0 bridgehead atoms. The Balaban J connectivity index is 1.46. The molecule has 0 amide bonds. The lowest BCUT2D eigenvalue weighted by Crippen LogP contribution is -2.43. The van der Waals surface area contributed by atoms with E-state index in [1.54, 1.807) is 0 Å². The average molecular weight is 251 g/mol. The maximum Gasteiger partial charge on any atom is 0.0723 e. The molecule has 1 saturated heterocycles. The average Bonchev–Trinajstić information content (AvgIpc) is 2.91. The van der Waals surface area contributed by atoms with E-state index in [2.05, 4.69) is 22.3 Å². The second-order valence-corrected chi connectivity index (χ2v) is 6.30. The van der Waals surface area contributed by atoms with Gasteiger partial charge in [-0.15, -0.1) is 0 Å². The van der Waals surface area contributed by atoms with Crippen LogP contribution in [0.2, 0.25) is 0 Å². The van der Waals surface area contributed by atoms with Gasteiger partial charge in [0.1, 0.15) is 0 Å². The molecule has 3 rings (SSSR count). The lowest BCUT2D eigenvalue weighted by molar-refractivity contribution is 0.385. The third-order valence-corrected chi connectivity index (χ3v) is 5.04. The molecule has 1 aromatic heterocycles. The standard InChI is InChI=1S/C13H21N3S/c1-2-4-13(3-1)16-6-5-12(15-16)10-17-9-11-7-14-8-11/h5-6,11,13-14H,1-4,7-10H2. The van der Waals surface area contributed by atoms with Crippen molar-refractivity contribution < 1.29 is 0 Å². The van der Waals surface area contributed by atoms with Crippen LogP contribution in [0.4, 0.5) is 0 Å². The number of hydrogen-bond acceptors (Lipinski definition) is 3. The van der Waals surface area contributed by atoms with Crippen molar-refractivity contribution in [1.82, 2.24) is 15.1 Å². The Kier molecular flexibility index (Phi) is 3.71. The van der Waals surface area contributed by atoms with Gasteiger partial charge in [-0.05, 0) is 43.7 Å². The van der Waals surface area contributed by atoms with E-state index in [4.69, 9.17) is 5.10 Å². The van der Waals surface area contributed by atoms with Crippen LogP contribution in [0, 0.1) is 5.92 Å². The van der Waals surface area contributed by atoms with Gasteiger partial charge in [0.05, 0.1) is 11.7 Å². The lowest BCUT2D eigenvalue weighted by atomic mass is 10.1. The topological polar surface area (TPSA) is 29.9 Å².